The zero-order valence-corrected chi connectivity index (χ0v) is 17.8. The highest BCUT2D eigenvalue weighted by Crippen LogP contribution is 2.30. The number of methoxy groups -OCH3 is 1. The number of carbonyl (C=O) groups excluding carboxylic acids is 1. The molecular weight excluding hydrogens is 452 g/mol. The first-order valence-electron chi connectivity index (χ1n) is 7.55. The number of nitrogens with one attached hydrogen (secondary N) is 3. The van der Waals surface area contributed by atoms with Gasteiger partial charge in [-0.15, -0.1) is 0 Å². The van der Waals surface area contributed by atoms with E-state index in [-0.39, 0.29) is 10.7 Å². The number of thiocarbonyl (C=S) groups is 1. The maximum Gasteiger partial charge on any atom is 0.256 e. The number of rotatable bonds is 5. The van der Waals surface area contributed by atoms with E-state index >= 15 is 0 Å². The molecule has 0 bridgehead atoms. The monoisotopic (exact) mass is 465 g/mol. The van der Waals surface area contributed by atoms with Crippen LogP contribution in [-0.2, 0) is 0 Å². The SMILES string of the molecule is COc1ccccc1C(=O)NC(NC(=S)Nc1ccccc1Cl)C(Cl)(Cl)Cl. The maximum absolute atomic E-state index is 12.6. The highest BCUT2D eigenvalue weighted by atomic mass is 35.6. The topological polar surface area (TPSA) is 62.4 Å². The predicted octanol–water partition coefficient (Wildman–Crippen LogP) is 4.76. The fourth-order valence-electron chi connectivity index (χ4n) is 2.09. The van der Waals surface area contributed by atoms with Crippen molar-refractivity contribution in [3.05, 3.63) is 59.1 Å². The minimum Gasteiger partial charge on any atom is -0.496 e. The van der Waals surface area contributed by atoms with E-state index in [4.69, 9.17) is 63.4 Å². The molecule has 0 aliphatic carbocycles. The van der Waals surface area contributed by atoms with E-state index in [1.807, 2.05) is 0 Å². The number of para-hydroxylation sites is 2. The lowest BCUT2D eigenvalue weighted by Gasteiger charge is -2.28. The van der Waals surface area contributed by atoms with Gasteiger partial charge in [-0.25, -0.2) is 0 Å². The molecule has 1 unspecified atom stereocenters. The molecule has 144 valence electrons. The summed E-state index contributed by atoms with van der Waals surface area (Å²) in [5.41, 5.74) is 0.849. The zero-order valence-electron chi connectivity index (χ0n) is 13.9. The van der Waals surface area contributed by atoms with Crippen molar-refractivity contribution in [2.75, 3.05) is 12.4 Å². The van der Waals surface area contributed by atoms with E-state index in [2.05, 4.69) is 16.0 Å². The maximum atomic E-state index is 12.6. The van der Waals surface area contributed by atoms with Gasteiger partial charge in [-0.2, -0.15) is 0 Å². The van der Waals surface area contributed by atoms with Gasteiger partial charge in [0.05, 0.1) is 23.4 Å². The standard InChI is InChI=1S/C17H15Cl4N3O2S/c1-26-13-9-5-2-6-10(13)14(25)23-15(17(19,20)21)24-16(27)22-12-8-4-3-7-11(12)18/h2-9,15H,1H3,(H,23,25)(H2,22,24,27). The third kappa shape index (κ3) is 6.30. The second kappa shape index (κ2) is 9.66. The number of hydrogen-bond acceptors (Lipinski definition) is 3. The van der Waals surface area contributed by atoms with Gasteiger partial charge < -0.3 is 20.7 Å². The molecule has 0 aliphatic rings. The molecule has 5 nitrogen and oxygen atoms in total. The molecule has 2 rings (SSSR count). The lowest BCUT2D eigenvalue weighted by molar-refractivity contribution is 0.0931. The number of carbonyl (C=O) groups is 1. The number of ether oxygens (including phenoxy) is 1. The van der Waals surface area contributed by atoms with E-state index in [0.29, 0.717) is 16.5 Å². The Labute approximate surface area is 182 Å². The van der Waals surface area contributed by atoms with Gasteiger partial charge >= 0.3 is 0 Å². The van der Waals surface area contributed by atoms with Crippen LogP contribution in [0.15, 0.2) is 48.5 Å². The molecule has 0 radical (unpaired) electrons. The Morgan fingerprint density at radius 3 is 2.33 bits per heavy atom. The predicted molar refractivity (Wildman–Crippen MR) is 115 cm³/mol. The molecule has 2 aromatic carbocycles. The van der Waals surface area contributed by atoms with Crippen LogP contribution in [0, 0.1) is 0 Å². The second-order valence-electron chi connectivity index (χ2n) is 5.23. The molecule has 0 aliphatic heterocycles. The molecule has 27 heavy (non-hydrogen) atoms. The average molecular weight is 467 g/mol. The third-order valence-corrected chi connectivity index (χ3v) is 4.56. The minimum atomic E-state index is -1.89. The summed E-state index contributed by atoms with van der Waals surface area (Å²) in [5, 5.41) is 8.82. The van der Waals surface area contributed by atoms with Crippen molar-refractivity contribution in [2.24, 2.45) is 0 Å². The highest BCUT2D eigenvalue weighted by Gasteiger charge is 2.35. The fraction of sp³-hybridized carbons (Fsp3) is 0.176. The summed E-state index contributed by atoms with van der Waals surface area (Å²) in [7, 11) is 1.46. The number of anilines is 1. The van der Waals surface area contributed by atoms with E-state index in [1.54, 1.807) is 48.5 Å². The first-order chi connectivity index (χ1) is 12.7. The van der Waals surface area contributed by atoms with Gasteiger partial charge in [0.15, 0.2) is 5.11 Å². The van der Waals surface area contributed by atoms with Gasteiger partial charge in [-0.1, -0.05) is 70.7 Å². The highest BCUT2D eigenvalue weighted by molar-refractivity contribution is 7.80. The molecule has 0 aromatic heterocycles. The number of alkyl halides is 3. The summed E-state index contributed by atoms with van der Waals surface area (Å²) in [6.45, 7) is 0. The normalized spacial score (nSPS) is 12.0. The summed E-state index contributed by atoms with van der Waals surface area (Å²) in [4.78, 5) is 12.6. The Balaban J connectivity index is 2.12. The van der Waals surface area contributed by atoms with Gasteiger partial charge in [-0.3, -0.25) is 4.79 Å². The zero-order chi connectivity index (χ0) is 20.0. The summed E-state index contributed by atoms with van der Waals surface area (Å²) >= 11 is 29.3. The van der Waals surface area contributed by atoms with E-state index in [9.17, 15) is 4.79 Å². The average Bonchev–Trinajstić information content (AvgIpc) is 2.62. The van der Waals surface area contributed by atoms with Gasteiger partial charge in [-0.05, 0) is 36.5 Å². The number of benzene rings is 2. The Kier molecular flexibility index (Phi) is 7.82. The van der Waals surface area contributed by atoms with Crippen LogP contribution in [0.2, 0.25) is 5.02 Å². The van der Waals surface area contributed by atoms with Crippen molar-refractivity contribution in [2.45, 2.75) is 9.96 Å². The van der Waals surface area contributed by atoms with E-state index in [0.717, 1.165) is 0 Å². The van der Waals surface area contributed by atoms with Crippen LogP contribution in [0.5, 0.6) is 5.75 Å². The largest absolute Gasteiger partial charge is 0.496 e. The van der Waals surface area contributed by atoms with Gasteiger partial charge in [0.25, 0.3) is 5.91 Å². The lowest BCUT2D eigenvalue weighted by atomic mass is 10.2. The molecule has 1 atom stereocenters. The fourth-order valence-corrected chi connectivity index (χ4v) is 2.83. The molecule has 3 N–H and O–H groups in total. The first-order valence-corrected chi connectivity index (χ1v) is 9.47. The van der Waals surface area contributed by atoms with Crippen LogP contribution < -0.4 is 20.7 Å². The van der Waals surface area contributed by atoms with Crippen molar-refractivity contribution in [1.82, 2.24) is 10.6 Å². The summed E-state index contributed by atoms with van der Waals surface area (Å²) in [6.07, 6.45) is -1.12. The van der Waals surface area contributed by atoms with Crippen molar-refractivity contribution in [3.63, 3.8) is 0 Å². The second-order valence-corrected chi connectivity index (χ2v) is 8.41. The first kappa shape index (κ1) is 21.9. The Morgan fingerprint density at radius 1 is 1.07 bits per heavy atom. The molecule has 0 spiro atoms. The summed E-state index contributed by atoms with van der Waals surface area (Å²) in [5.74, 6) is -0.119. The molecule has 0 heterocycles. The van der Waals surface area contributed by atoms with Gasteiger partial charge in [0, 0.05) is 0 Å². The number of amides is 1. The van der Waals surface area contributed by atoms with Crippen molar-refractivity contribution in [1.29, 1.82) is 0 Å². The van der Waals surface area contributed by atoms with Crippen LogP contribution in [0.3, 0.4) is 0 Å². The smallest absolute Gasteiger partial charge is 0.256 e. The van der Waals surface area contributed by atoms with Crippen LogP contribution in [0.4, 0.5) is 5.69 Å². The van der Waals surface area contributed by atoms with Crippen molar-refractivity contribution in [3.8, 4) is 5.75 Å². The number of halogens is 4. The molecule has 0 saturated carbocycles. The third-order valence-electron chi connectivity index (χ3n) is 3.35. The Bertz CT molecular complexity index is 830. The Hall–Kier alpha value is -1.44. The van der Waals surface area contributed by atoms with Crippen molar-refractivity contribution < 1.29 is 9.53 Å². The molecule has 2 aromatic rings. The van der Waals surface area contributed by atoms with Gasteiger partial charge in [0.1, 0.15) is 11.9 Å². The lowest BCUT2D eigenvalue weighted by Crippen LogP contribution is -2.56. The van der Waals surface area contributed by atoms with Crippen LogP contribution in [0.1, 0.15) is 10.4 Å². The quantitative estimate of drug-likeness (QED) is 0.337. The van der Waals surface area contributed by atoms with Crippen LogP contribution >= 0.6 is 58.6 Å². The van der Waals surface area contributed by atoms with Crippen LogP contribution in [-0.4, -0.2) is 28.1 Å². The molecule has 0 saturated heterocycles. The molecule has 10 heteroatoms. The van der Waals surface area contributed by atoms with Crippen molar-refractivity contribution >= 4 is 75.3 Å². The number of hydrogen-bond donors (Lipinski definition) is 3. The van der Waals surface area contributed by atoms with Crippen LogP contribution in [0.25, 0.3) is 0 Å². The van der Waals surface area contributed by atoms with Gasteiger partial charge in [0.2, 0.25) is 3.79 Å². The van der Waals surface area contributed by atoms with E-state index < -0.39 is 15.9 Å². The van der Waals surface area contributed by atoms with E-state index in [1.165, 1.54) is 7.11 Å². The Morgan fingerprint density at radius 2 is 1.70 bits per heavy atom. The minimum absolute atomic E-state index is 0.111. The molecule has 1 amide bonds. The summed E-state index contributed by atoms with van der Waals surface area (Å²) in [6, 6.07) is 13.7. The molecular formula is C17H15Cl4N3O2S. The molecule has 0 fully saturated rings. The summed E-state index contributed by atoms with van der Waals surface area (Å²) < 4.78 is 3.29.